The van der Waals surface area contributed by atoms with Gasteiger partial charge in [-0.2, -0.15) is 4.73 Å². The van der Waals surface area contributed by atoms with Crippen LogP contribution >= 0.6 is 0 Å². The van der Waals surface area contributed by atoms with Crippen molar-refractivity contribution in [3.8, 4) is 11.5 Å². The number of likely N-dealkylation sites (tertiary alicyclic amines) is 1. The van der Waals surface area contributed by atoms with Crippen molar-refractivity contribution in [3.05, 3.63) is 112 Å². The van der Waals surface area contributed by atoms with Crippen LogP contribution in [0.3, 0.4) is 0 Å². The molecule has 10 nitrogen and oxygen atoms in total. The van der Waals surface area contributed by atoms with E-state index in [0.29, 0.717) is 23.4 Å². The van der Waals surface area contributed by atoms with Crippen molar-refractivity contribution in [1.29, 1.82) is 0 Å². The minimum atomic E-state index is -1.21. The molecule has 0 bridgehead atoms. The van der Waals surface area contributed by atoms with Crippen molar-refractivity contribution in [2.24, 2.45) is 0 Å². The van der Waals surface area contributed by atoms with Crippen molar-refractivity contribution in [2.45, 2.75) is 25.6 Å². The molecule has 1 fully saturated rings. The second-order valence-corrected chi connectivity index (χ2v) is 8.92. The van der Waals surface area contributed by atoms with Crippen LogP contribution in [0.4, 0.5) is 0 Å². The number of carboxylic acid groups (broad SMARTS) is 1. The molecule has 3 heterocycles. The van der Waals surface area contributed by atoms with E-state index in [0.717, 1.165) is 11.1 Å². The first kappa shape index (κ1) is 24.8. The summed E-state index contributed by atoms with van der Waals surface area (Å²) in [6.45, 7) is 1.10. The first-order valence-electron chi connectivity index (χ1n) is 12.1. The van der Waals surface area contributed by atoms with E-state index in [4.69, 9.17) is 19.1 Å². The molecule has 1 amide bonds. The zero-order chi connectivity index (χ0) is 26.5. The Labute approximate surface area is 218 Å². The van der Waals surface area contributed by atoms with Crippen LogP contribution in [0, 0.1) is 5.21 Å². The molecule has 0 radical (unpaired) electrons. The normalized spacial score (nSPS) is 14.8. The number of hydrogen-bond donors (Lipinski definition) is 1. The SMILES string of the molecule is O=C(O)c1cc([C@@H]2CCN(C(=O)c3cc(OCc4ccccc4)c(OCc4ccccc4)c[n+]3[O-])C2)no1. The fourth-order valence-electron chi connectivity index (χ4n) is 4.28. The summed E-state index contributed by atoms with van der Waals surface area (Å²) >= 11 is 0. The number of nitrogens with zero attached hydrogens (tertiary/aromatic N) is 3. The highest BCUT2D eigenvalue weighted by Gasteiger charge is 2.34. The Balaban J connectivity index is 1.36. The molecule has 2 aromatic carbocycles. The van der Waals surface area contributed by atoms with Gasteiger partial charge in [-0.15, -0.1) is 0 Å². The van der Waals surface area contributed by atoms with Gasteiger partial charge in [-0.3, -0.25) is 4.79 Å². The standard InChI is InChI=1S/C28H25N3O7/c32-27(30-12-11-21(15-30)22-13-25(28(33)34)38-29-22)23-14-24(36-17-19-7-3-1-4-8-19)26(16-31(23)35)37-18-20-9-5-2-6-10-20/h1-10,13-14,16,21H,11-12,15,17-18H2,(H,33,34)/t21-/m1/s1. The van der Waals surface area contributed by atoms with Crippen LogP contribution in [0.25, 0.3) is 0 Å². The number of carbonyl (C=O) groups excluding carboxylic acids is 1. The highest BCUT2D eigenvalue weighted by atomic mass is 16.5. The maximum Gasteiger partial charge on any atom is 0.374 e. The number of carboxylic acids is 1. The second-order valence-electron chi connectivity index (χ2n) is 8.92. The van der Waals surface area contributed by atoms with Gasteiger partial charge in [0, 0.05) is 25.1 Å². The first-order chi connectivity index (χ1) is 18.5. The molecule has 0 saturated carbocycles. The van der Waals surface area contributed by atoms with Gasteiger partial charge in [0.2, 0.25) is 17.7 Å². The number of pyridine rings is 1. The molecular formula is C28H25N3O7. The van der Waals surface area contributed by atoms with E-state index in [-0.39, 0.29) is 48.6 Å². The molecule has 1 saturated heterocycles. The maximum absolute atomic E-state index is 13.3. The fraction of sp³-hybridized carbons (Fsp3) is 0.214. The van der Waals surface area contributed by atoms with E-state index in [2.05, 4.69) is 5.16 Å². The van der Waals surface area contributed by atoms with Gasteiger partial charge < -0.3 is 29.2 Å². The molecular weight excluding hydrogens is 490 g/mol. The van der Waals surface area contributed by atoms with E-state index in [1.807, 2.05) is 60.7 Å². The lowest BCUT2D eigenvalue weighted by Crippen LogP contribution is -2.41. The van der Waals surface area contributed by atoms with Gasteiger partial charge in [0.15, 0.2) is 5.75 Å². The van der Waals surface area contributed by atoms with Gasteiger partial charge in [-0.1, -0.05) is 65.8 Å². The van der Waals surface area contributed by atoms with Crippen molar-refractivity contribution >= 4 is 11.9 Å². The third-order valence-electron chi connectivity index (χ3n) is 6.31. The lowest BCUT2D eigenvalue weighted by Gasteiger charge is -2.18. The zero-order valence-corrected chi connectivity index (χ0v) is 20.4. The predicted molar refractivity (Wildman–Crippen MR) is 134 cm³/mol. The van der Waals surface area contributed by atoms with E-state index < -0.39 is 11.9 Å². The summed E-state index contributed by atoms with van der Waals surface area (Å²) in [6, 6.07) is 21.8. The molecule has 10 heteroatoms. The van der Waals surface area contributed by atoms with Crippen molar-refractivity contribution in [3.63, 3.8) is 0 Å². The number of aromatic carboxylic acids is 1. The van der Waals surface area contributed by atoms with Crippen LogP contribution in [0.5, 0.6) is 11.5 Å². The highest BCUT2D eigenvalue weighted by molar-refractivity contribution is 5.91. The summed E-state index contributed by atoms with van der Waals surface area (Å²) < 4.78 is 17.3. The van der Waals surface area contributed by atoms with Crippen LogP contribution < -0.4 is 14.2 Å². The average Bonchev–Trinajstić information content (AvgIpc) is 3.63. The third-order valence-corrected chi connectivity index (χ3v) is 6.31. The molecule has 1 aliphatic heterocycles. The molecule has 1 atom stereocenters. The number of ether oxygens (including phenoxy) is 2. The molecule has 38 heavy (non-hydrogen) atoms. The van der Waals surface area contributed by atoms with Crippen molar-refractivity contribution < 1.29 is 33.4 Å². The smallest absolute Gasteiger partial charge is 0.374 e. The summed E-state index contributed by atoms with van der Waals surface area (Å²) in [5.41, 5.74) is 2.20. The molecule has 194 valence electrons. The number of carbonyl (C=O) groups is 2. The minimum Gasteiger partial charge on any atom is -0.618 e. The quantitative estimate of drug-likeness (QED) is 0.263. The summed E-state index contributed by atoms with van der Waals surface area (Å²) in [7, 11) is 0. The van der Waals surface area contributed by atoms with E-state index in [1.54, 1.807) is 0 Å². The first-order valence-corrected chi connectivity index (χ1v) is 12.1. The van der Waals surface area contributed by atoms with Crippen LogP contribution in [-0.2, 0) is 13.2 Å². The molecule has 2 aromatic heterocycles. The molecule has 4 aromatic rings. The van der Waals surface area contributed by atoms with Gasteiger partial charge in [-0.25, -0.2) is 4.79 Å². The third kappa shape index (κ3) is 5.59. The number of hydrogen-bond acceptors (Lipinski definition) is 7. The molecule has 1 N–H and O–H groups in total. The Morgan fingerprint density at radius 1 is 1.00 bits per heavy atom. The number of amides is 1. The van der Waals surface area contributed by atoms with E-state index >= 15 is 0 Å². The molecule has 0 unspecified atom stereocenters. The topological polar surface area (TPSA) is 129 Å². The molecule has 0 spiro atoms. The van der Waals surface area contributed by atoms with Gasteiger partial charge in [0.1, 0.15) is 13.2 Å². The highest BCUT2D eigenvalue weighted by Crippen LogP contribution is 2.31. The van der Waals surface area contributed by atoms with Crippen molar-refractivity contribution in [1.82, 2.24) is 10.1 Å². The number of benzene rings is 2. The summed E-state index contributed by atoms with van der Waals surface area (Å²) in [6.07, 6.45) is 1.77. The molecule has 5 rings (SSSR count). The van der Waals surface area contributed by atoms with Gasteiger partial charge in [0.05, 0.1) is 11.8 Å². The van der Waals surface area contributed by atoms with Crippen LogP contribution in [0.15, 0.2) is 83.5 Å². The Bertz CT molecular complexity index is 1420. The largest absolute Gasteiger partial charge is 0.618 e. The average molecular weight is 516 g/mol. The minimum absolute atomic E-state index is 0.104. The summed E-state index contributed by atoms with van der Waals surface area (Å²) in [4.78, 5) is 26.0. The Morgan fingerprint density at radius 3 is 2.24 bits per heavy atom. The Kier molecular flexibility index (Phi) is 7.21. The molecule has 1 aliphatic rings. The monoisotopic (exact) mass is 515 g/mol. The van der Waals surface area contributed by atoms with Crippen LogP contribution in [0.2, 0.25) is 0 Å². The van der Waals surface area contributed by atoms with Gasteiger partial charge >= 0.3 is 11.9 Å². The maximum atomic E-state index is 13.3. The Morgan fingerprint density at radius 2 is 1.63 bits per heavy atom. The number of rotatable bonds is 9. The lowest BCUT2D eigenvalue weighted by molar-refractivity contribution is -0.608. The second kappa shape index (κ2) is 11.0. The van der Waals surface area contributed by atoms with E-state index in [9.17, 15) is 14.8 Å². The predicted octanol–water partition coefficient (Wildman–Crippen LogP) is 3.79. The van der Waals surface area contributed by atoms with E-state index in [1.165, 1.54) is 23.2 Å². The van der Waals surface area contributed by atoms with Crippen molar-refractivity contribution in [2.75, 3.05) is 13.1 Å². The summed E-state index contributed by atoms with van der Waals surface area (Å²) in [5, 5.41) is 25.8. The zero-order valence-electron chi connectivity index (χ0n) is 20.4. The fourth-order valence-corrected chi connectivity index (χ4v) is 4.28. The number of aromatic nitrogens is 2. The summed E-state index contributed by atoms with van der Waals surface area (Å²) in [5.74, 6) is -1.63. The lowest BCUT2D eigenvalue weighted by atomic mass is 10.1. The van der Waals surface area contributed by atoms with Crippen LogP contribution in [0.1, 0.15) is 50.2 Å². The van der Waals surface area contributed by atoms with Gasteiger partial charge in [-0.05, 0) is 17.5 Å². The van der Waals surface area contributed by atoms with Crippen LogP contribution in [-0.4, -0.2) is 40.1 Å². The molecule has 0 aliphatic carbocycles. The Hall–Kier alpha value is -4.86. The van der Waals surface area contributed by atoms with Gasteiger partial charge in [0.25, 0.3) is 5.69 Å².